The fourth-order valence-corrected chi connectivity index (χ4v) is 3.89. The van der Waals surface area contributed by atoms with Crippen molar-refractivity contribution in [3.8, 4) is 0 Å². The maximum Gasteiger partial charge on any atom is 0.0218 e. The van der Waals surface area contributed by atoms with Crippen molar-refractivity contribution in [3.63, 3.8) is 0 Å². The lowest BCUT2D eigenvalue weighted by molar-refractivity contribution is 0.325. The minimum atomic E-state index is 0.765. The van der Waals surface area contributed by atoms with Crippen LogP contribution in [0, 0.1) is 0 Å². The highest BCUT2D eigenvalue weighted by molar-refractivity contribution is 8.00. The van der Waals surface area contributed by atoms with Gasteiger partial charge in [0.2, 0.25) is 0 Å². The Labute approximate surface area is 96.9 Å². The highest BCUT2D eigenvalue weighted by Gasteiger charge is 2.22. The van der Waals surface area contributed by atoms with E-state index in [1.54, 1.807) is 0 Å². The van der Waals surface area contributed by atoms with Gasteiger partial charge in [0.05, 0.1) is 0 Å². The van der Waals surface area contributed by atoms with Crippen molar-refractivity contribution in [1.82, 2.24) is 4.90 Å². The number of nitrogens with zero attached hydrogens (tertiary/aromatic N) is 1. The zero-order chi connectivity index (χ0) is 10.7. The van der Waals surface area contributed by atoms with Gasteiger partial charge in [0, 0.05) is 23.6 Å². The molecule has 1 aromatic rings. The van der Waals surface area contributed by atoms with Gasteiger partial charge in [-0.1, -0.05) is 37.3 Å². The minimum absolute atomic E-state index is 0.765. The summed E-state index contributed by atoms with van der Waals surface area (Å²) < 4.78 is 0. The van der Waals surface area contributed by atoms with E-state index in [0.29, 0.717) is 0 Å². The van der Waals surface area contributed by atoms with Crippen LogP contribution in [0.3, 0.4) is 0 Å². The number of hydrogen-bond acceptors (Lipinski definition) is 2. The first kappa shape index (κ1) is 11.0. The third kappa shape index (κ3) is 3.25. The second-order valence-corrected chi connectivity index (χ2v) is 6.22. The zero-order valence-electron chi connectivity index (χ0n) is 9.52. The SMILES string of the molecule is C[C@@H]1CN(C)C[C@H](Cc2ccccc2)S1. The summed E-state index contributed by atoms with van der Waals surface area (Å²) in [7, 11) is 2.23. The summed E-state index contributed by atoms with van der Waals surface area (Å²) in [5.41, 5.74) is 1.47. The molecule has 0 aliphatic carbocycles. The fraction of sp³-hybridized carbons (Fsp3) is 0.538. The normalized spacial score (nSPS) is 27.9. The Hall–Kier alpha value is -0.470. The van der Waals surface area contributed by atoms with Gasteiger partial charge in [0.1, 0.15) is 0 Å². The Morgan fingerprint density at radius 3 is 2.67 bits per heavy atom. The highest BCUT2D eigenvalue weighted by atomic mass is 32.2. The molecule has 1 aliphatic rings. The van der Waals surface area contributed by atoms with Crippen molar-refractivity contribution in [2.45, 2.75) is 23.8 Å². The summed E-state index contributed by atoms with van der Waals surface area (Å²) in [4.78, 5) is 2.45. The molecule has 2 atom stereocenters. The van der Waals surface area contributed by atoms with Crippen LogP contribution >= 0.6 is 11.8 Å². The molecule has 2 heteroatoms. The molecule has 0 radical (unpaired) electrons. The van der Waals surface area contributed by atoms with E-state index in [0.717, 1.165) is 10.5 Å². The molecule has 2 rings (SSSR count). The number of hydrogen-bond donors (Lipinski definition) is 0. The quantitative estimate of drug-likeness (QED) is 0.755. The molecule has 0 saturated carbocycles. The predicted molar refractivity (Wildman–Crippen MR) is 68.5 cm³/mol. The molecule has 1 heterocycles. The van der Waals surface area contributed by atoms with Crippen LogP contribution in [-0.2, 0) is 6.42 Å². The molecular formula is C13H19NS. The lowest BCUT2D eigenvalue weighted by Gasteiger charge is -2.33. The largest absolute Gasteiger partial charge is 0.304 e. The highest BCUT2D eigenvalue weighted by Crippen LogP contribution is 2.26. The van der Waals surface area contributed by atoms with Crippen LogP contribution < -0.4 is 0 Å². The average Bonchev–Trinajstić information content (AvgIpc) is 2.17. The molecule has 1 aliphatic heterocycles. The summed E-state index contributed by atoms with van der Waals surface area (Å²) >= 11 is 2.14. The minimum Gasteiger partial charge on any atom is -0.304 e. The van der Waals surface area contributed by atoms with E-state index in [2.05, 4.69) is 61.0 Å². The Morgan fingerprint density at radius 1 is 1.27 bits per heavy atom. The van der Waals surface area contributed by atoms with E-state index >= 15 is 0 Å². The van der Waals surface area contributed by atoms with Crippen LogP contribution in [0.4, 0.5) is 0 Å². The maximum absolute atomic E-state index is 2.45. The standard InChI is InChI=1S/C13H19NS/c1-11-9-14(2)10-13(15-11)8-12-6-4-3-5-7-12/h3-7,11,13H,8-10H2,1-2H3/t11-,13+/m1/s1. The van der Waals surface area contributed by atoms with Gasteiger partial charge in [-0.3, -0.25) is 0 Å². The summed E-state index contributed by atoms with van der Waals surface area (Å²) in [6.07, 6.45) is 1.21. The zero-order valence-corrected chi connectivity index (χ0v) is 10.3. The van der Waals surface area contributed by atoms with Gasteiger partial charge in [0.25, 0.3) is 0 Å². The molecule has 1 saturated heterocycles. The van der Waals surface area contributed by atoms with Crippen molar-refractivity contribution in [2.75, 3.05) is 20.1 Å². The van der Waals surface area contributed by atoms with Gasteiger partial charge < -0.3 is 4.90 Å². The van der Waals surface area contributed by atoms with Gasteiger partial charge in [-0.25, -0.2) is 0 Å². The van der Waals surface area contributed by atoms with Gasteiger partial charge in [-0.2, -0.15) is 11.8 Å². The van der Waals surface area contributed by atoms with E-state index < -0.39 is 0 Å². The Kier molecular flexibility index (Phi) is 3.71. The predicted octanol–water partition coefficient (Wildman–Crippen LogP) is 2.66. The van der Waals surface area contributed by atoms with Crippen LogP contribution in [0.1, 0.15) is 12.5 Å². The monoisotopic (exact) mass is 221 g/mol. The third-order valence-corrected chi connectivity index (χ3v) is 4.13. The summed E-state index contributed by atoms with van der Waals surface area (Å²) in [5.74, 6) is 0. The third-order valence-electron chi connectivity index (χ3n) is 2.82. The smallest absolute Gasteiger partial charge is 0.0218 e. The second kappa shape index (κ2) is 5.04. The van der Waals surface area contributed by atoms with Crippen molar-refractivity contribution < 1.29 is 0 Å². The summed E-state index contributed by atoms with van der Waals surface area (Å²) in [6.45, 7) is 4.79. The Balaban J connectivity index is 1.94. The molecule has 0 unspecified atom stereocenters. The Morgan fingerprint density at radius 2 is 2.00 bits per heavy atom. The van der Waals surface area contributed by atoms with E-state index in [-0.39, 0.29) is 0 Å². The van der Waals surface area contributed by atoms with Crippen LogP contribution in [0.2, 0.25) is 0 Å². The second-order valence-electron chi connectivity index (χ2n) is 4.48. The number of thioether (sulfide) groups is 1. The summed E-state index contributed by atoms with van der Waals surface area (Å²) in [5, 5.41) is 1.54. The molecule has 1 aromatic carbocycles. The molecule has 0 aromatic heterocycles. The molecule has 82 valence electrons. The molecule has 0 spiro atoms. The topological polar surface area (TPSA) is 3.24 Å². The molecule has 15 heavy (non-hydrogen) atoms. The van der Waals surface area contributed by atoms with Gasteiger partial charge in [0.15, 0.2) is 0 Å². The maximum atomic E-state index is 2.45. The molecular weight excluding hydrogens is 202 g/mol. The van der Waals surface area contributed by atoms with Gasteiger partial charge >= 0.3 is 0 Å². The summed E-state index contributed by atoms with van der Waals surface area (Å²) in [6, 6.07) is 10.8. The first-order valence-corrected chi connectivity index (χ1v) is 6.56. The van der Waals surface area contributed by atoms with Crippen molar-refractivity contribution in [3.05, 3.63) is 35.9 Å². The van der Waals surface area contributed by atoms with Gasteiger partial charge in [-0.05, 0) is 19.0 Å². The lowest BCUT2D eigenvalue weighted by atomic mass is 10.1. The van der Waals surface area contributed by atoms with E-state index in [4.69, 9.17) is 0 Å². The van der Waals surface area contributed by atoms with E-state index in [1.165, 1.54) is 25.1 Å². The van der Waals surface area contributed by atoms with Gasteiger partial charge in [-0.15, -0.1) is 0 Å². The number of benzene rings is 1. The molecule has 1 nitrogen and oxygen atoms in total. The van der Waals surface area contributed by atoms with Crippen LogP contribution in [-0.4, -0.2) is 35.5 Å². The van der Waals surface area contributed by atoms with Crippen LogP contribution in [0.25, 0.3) is 0 Å². The van der Waals surface area contributed by atoms with E-state index in [9.17, 15) is 0 Å². The van der Waals surface area contributed by atoms with Crippen molar-refractivity contribution >= 4 is 11.8 Å². The first-order valence-electron chi connectivity index (χ1n) is 5.62. The number of rotatable bonds is 2. The van der Waals surface area contributed by atoms with E-state index in [1.807, 2.05) is 0 Å². The fourth-order valence-electron chi connectivity index (χ4n) is 2.27. The van der Waals surface area contributed by atoms with Crippen molar-refractivity contribution in [2.24, 2.45) is 0 Å². The van der Waals surface area contributed by atoms with Crippen LogP contribution in [0.15, 0.2) is 30.3 Å². The molecule has 0 bridgehead atoms. The van der Waals surface area contributed by atoms with Crippen molar-refractivity contribution in [1.29, 1.82) is 0 Å². The molecule has 0 N–H and O–H groups in total. The lowest BCUT2D eigenvalue weighted by Crippen LogP contribution is -2.39. The molecule has 0 amide bonds. The average molecular weight is 221 g/mol. The Bertz CT molecular complexity index is 289. The molecule has 1 fully saturated rings. The first-order chi connectivity index (χ1) is 7.24. The van der Waals surface area contributed by atoms with Crippen LogP contribution in [0.5, 0.6) is 0 Å².